The molecular formula is C90H65Cl7FN11O9S3. The number of amides is 5. The van der Waals surface area contributed by atoms with E-state index in [0.29, 0.717) is 103 Å². The van der Waals surface area contributed by atoms with Crippen molar-refractivity contribution in [2.75, 3.05) is 39.1 Å². The Morgan fingerprint density at radius 2 is 0.628 bits per heavy atom. The summed E-state index contributed by atoms with van der Waals surface area (Å²) in [6.07, 6.45) is 11.8. The highest BCUT2D eigenvalue weighted by atomic mass is 35.5. The number of aryl methyl sites for hydroxylation is 1. The number of rotatable bonds is 17. The van der Waals surface area contributed by atoms with E-state index in [1.54, 1.807) is 171 Å². The number of benzene rings is 8. The van der Waals surface area contributed by atoms with Crippen LogP contribution in [0.1, 0.15) is 56.7 Å². The number of carbonyl (C=O) groups excluding carboxylic acids is 5. The number of pyridine rings is 6. The quantitative estimate of drug-likeness (QED) is 0.0530. The second kappa shape index (κ2) is 42.0. The van der Waals surface area contributed by atoms with Crippen molar-refractivity contribution in [2.24, 2.45) is 0 Å². The molecule has 608 valence electrons. The predicted octanol–water partition coefficient (Wildman–Crippen LogP) is 23.3. The third-order valence-corrected chi connectivity index (χ3v) is 22.7. The van der Waals surface area contributed by atoms with Gasteiger partial charge in [0.2, 0.25) is 5.95 Å². The minimum Gasteiger partial charge on any atom is -0.322 e. The zero-order valence-electron chi connectivity index (χ0n) is 63.6. The summed E-state index contributed by atoms with van der Waals surface area (Å²) < 4.78 is 60.3. The molecule has 0 aliphatic carbocycles. The van der Waals surface area contributed by atoms with Crippen molar-refractivity contribution in [1.29, 1.82) is 0 Å². The fourth-order valence-corrected chi connectivity index (χ4v) is 14.8. The van der Waals surface area contributed by atoms with Crippen molar-refractivity contribution >= 4 is 170 Å². The number of nitrogens with zero attached hydrogens (tertiary/aromatic N) is 6. The largest absolute Gasteiger partial charge is 0.322 e. The molecule has 7 heterocycles. The van der Waals surface area contributed by atoms with Crippen molar-refractivity contribution in [3.63, 3.8) is 0 Å². The van der Waals surface area contributed by atoms with Gasteiger partial charge in [-0.1, -0.05) is 130 Å². The van der Waals surface area contributed by atoms with Crippen LogP contribution in [0.2, 0.25) is 35.2 Å². The normalized spacial score (nSPS) is 10.7. The Kier molecular flexibility index (Phi) is 31.0. The van der Waals surface area contributed by atoms with Gasteiger partial charge in [0.25, 0.3) is 29.5 Å². The smallest absolute Gasteiger partial charge is 0.265 e. The molecule has 20 nitrogen and oxygen atoms in total. The number of carbonyl (C=O) groups is 5. The molecule has 15 rings (SSSR count). The van der Waals surface area contributed by atoms with Gasteiger partial charge in [0.1, 0.15) is 0 Å². The summed E-state index contributed by atoms with van der Waals surface area (Å²) in [4.78, 5) is 87.4. The molecule has 8 aromatic carbocycles. The van der Waals surface area contributed by atoms with Crippen LogP contribution in [0, 0.1) is 12.9 Å². The van der Waals surface area contributed by atoms with Crippen LogP contribution >= 0.6 is 92.5 Å². The first-order valence-corrected chi connectivity index (χ1v) is 43.2. The topological polar surface area (TPSA) is 291 Å². The second-order valence-corrected chi connectivity index (χ2v) is 33.6. The van der Waals surface area contributed by atoms with Gasteiger partial charge in [-0.2, -0.15) is 4.39 Å². The summed E-state index contributed by atoms with van der Waals surface area (Å²) in [5.41, 5.74) is 11.5. The highest BCUT2D eigenvalue weighted by Crippen LogP contribution is 2.36. The van der Waals surface area contributed by atoms with Crippen molar-refractivity contribution in [3.05, 3.63) is 383 Å². The first-order valence-electron chi connectivity index (χ1n) is 35.9. The molecule has 0 atom stereocenters. The van der Waals surface area contributed by atoms with E-state index in [4.69, 9.17) is 81.2 Å². The maximum absolute atomic E-state index is 13.5. The fourth-order valence-electron chi connectivity index (χ4n) is 11.2. The molecule has 0 fully saturated rings. The average Bonchev–Trinajstić information content (AvgIpc) is 1.37. The molecule has 0 unspecified atom stereocenters. The maximum Gasteiger partial charge on any atom is 0.265 e. The molecule has 0 saturated heterocycles. The summed E-state index contributed by atoms with van der Waals surface area (Å²) in [5, 5.41) is 19.0. The maximum atomic E-state index is 13.5. The van der Waals surface area contributed by atoms with E-state index in [1.165, 1.54) is 66.1 Å². The Hall–Kier alpha value is -12.4. The molecule has 7 aromatic heterocycles. The summed E-state index contributed by atoms with van der Waals surface area (Å²) in [7, 11) is -6.85. The van der Waals surface area contributed by atoms with Crippen molar-refractivity contribution in [1.82, 2.24) is 29.9 Å². The van der Waals surface area contributed by atoms with E-state index in [-0.39, 0.29) is 43.3 Å². The standard InChI is InChI=1S/C19H14Cl2N2O3S.C19H15ClN2O3S.C18H12Cl2N2O.C17H11ClFN3O.C17H13ClN2OS/c1-27(25,26)13-6-8-17(21)15(11-13)19(24)23-12-5-7-16(20)14(10-12)18-4-2-3-9-22-18;1-26(24,25)15-6-4-5-13(11-15)19(23)22-14-8-9-17(20)16(12-14)18-7-2-3-10-21-18;19-15-6-2-1-5-13(15)18(23)22-12-8-9-16(20)14(11-12)17-7-3-4-10-21-17;18-14-7-6-11(10-13(14)15-5-1-2-8-20-15)22-17(23)12-4-3-9-21-16(12)19;1-11-7-9-22-16(11)17(21)20-12-5-6-14(18)13(10-12)15-4-2-3-8-19-15/h2-11H,1H3,(H,23,24);2-12H,1H3,(H,22,23);1-11H,(H,22,23);1-10H,(H,22,23);2-10H,1H3,(H,20,21). The number of aromatic nitrogens is 6. The van der Waals surface area contributed by atoms with Gasteiger partial charge < -0.3 is 26.6 Å². The van der Waals surface area contributed by atoms with Crippen LogP contribution in [0.3, 0.4) is 0 Å². The van der Waals surface area contributed by atoms with Gasteiger partial charge in [-0.3, -0.25) is 48.9 Å². The molecule has 0 bridgehead atoms. The van der Waals surface area contributed by atoms with E-state index in [2.05, 4.69) is 56.5 Å². The third-order valence-electron chi connectivity index (χ3n) is 17.2. The third kappa shape index (κ3) is 24.9. The van der Waals surface area contributed by atoms with Crippen LogP contribution in [0.15, 0.2) is 319 Å². The Bertz CT molecular complexity index is 6380. The Morgan fingerprint density at radius 1 is 0.306 bits per heavy atom. The molecule has 5 amide bonds. The fraction of sp³-hybridized carbons (Fsp3) is 0.0333. The lowest BCUT2D eigenvalue weighted by atomic mass is 10.1. The number of thiophene rings is 1. The molecule has 0 saturated carbocycles. The SMILES string of the molecule is CS(=O)(=O)c1ccc(Cl)c(C(=O)Nc2ccc(Cl)c(-c3ccccn3)c2)c1.CS(=O)(=O)c1cccc(C(=O)Nc2ccc(Cl)c(-c3ccccn3)c2)c1.Cc1ccsc1C(=O)Nc1ccc(Cl)c(-c2ccccn2)c1.O=C(Nc1ccc(Cl)c(-c2ccccn2)c1)c1ccccc1Cl.O=C(Nc1ccc(Cl)c(-c2ccccn2)c1)c1cccnc1F. The highest BCUT2D eigenvalue weighted by molar-refractivity contribution is 7.91. The molecule has 0 spiro atoms. The minimum absolute atomic E-state index is 0.0160. The van der Waals surface area contributed by atoms with E-state index in [0.717, 1.165) is 40.6 Å². The number of anilines is 5. The number of hydrogen-bond donors (Lipinski definition) is 5. The summed E-state index contributed by atoms with van der Waals surface area (Å²) in [5.74, 6) is -2.72. The van der Waals surface area contributed by atoms with Crippen LogP contribution in [0.4, 0.5) is 32.8 Å². The van der Waals surface area contributed by atoms with Crippen LogP contribution in [-0.2, 0) is 19.7 Å². The average molecular weight is 1810 g/mol. The molecule has 5 N–H and O–H groups in total. The molecule has 15 aromatic rings. The van der Waals surface area contributed by atoms with Gasteiger partial charge >= 0.3 is 0 Å². The van der Waals surface area contributed by atoms with Gasteiger partial charge in [-0.05, 0) is 236 Å². The van der Waals surface area contributed by atoms with E-state index in [9.17, 15) is 45.2 Å². The van der Waals surface area contributed by atoms with Gasteiger partial charge in [0, 0.05) is 112 Å². The van der Waals surface area contributed by atoms with Crippen LogP contribution < -0.4 is 26.6 Å². The Labute approximate surface area is 734 Å². The summed E-state index contributed by atoms with van der Waals surface area (Å²) >= 11 is 44.7. The van der Waals surface area contributed by atoms with E-state index in [1.807, 2.05) is 91.2 Å². The molecule has 0 radical (unpaired) electrons. The Balaban J connectivity index is 0.000000148. The second-order valence-electron chi connectivity index (χ2n) is 25.8. The first kappa shape index (κ1) is 89.4. The minimum atomic E-state index is -3.46. The summed E-state index contributed by atoms with van der Waals surface area (Å²) in [6, 6.07) is 74.8. The molecule has 0 aliphatic heterocycles. The van der Waals surface area contributed by atoms with Gasteiger partial charge in [-0.25, -0.2) is 21.8 Å². The van der Waals surface area contributed by atoms with E-state index >= 15 is 0 Å². The lowest BCUT2D eigenvalue weighted by molar-refractivity contribution is 0.101. The first-order chi connectivity index (χ1) is 58.0. The lowest BCUT2D eigenvalue weighted by Gasteiger charge is -2.11. The lowest BCUT2D eigenvalue weighted by Crippen LogP contribution is -2.14. The van der Waals surface area contributed by atoms with Gasteiger partial charge in [0.15, 0.2) is 19.7 Å². The van der Waals surface area contributed by atoms with E-state index < -0.39 is 43.3 Å². The zero-order chi connectivity index (χ0) is 86.3. The number of sulfone groups is 2. The highest BCUT2D eigenvalue weighted by Gasteiger charge is 2.21. The monoisotopic (exact) mass is 1800 g/mol. The molecule has 121 heavy (non-hydrogen) atoms. The molecule has 0 aliphatic rings. The van der Waals surface area contributed by atoms with Crippen LogP contribution in [0.25, 0.3) is 56.3 Å². The van der Waals surface area contributed by atoms with Gasteiger partial charge in [0.05, 0.1) is 95.0 Å². The number of nitrogens with one attached hydrogen (secondary N) is 5. The van der Waals surface area contributed by atoms with Crippen molar-refractivity contribution < 1.29 is 45.2 Å². The van der Waals surface area contributed by atoms with Crippen molar-refractivity contribution in [2.45, 2.75) is 16.7 Å². The molecular weight excluding hydrogens is 1740 g/mol. The van der Waals surface area contributed by atoms with Crippen LogP contribution in [0.5, 0.6) is 0 Å². The molecule has 31 heteroatoms. The Morgan fingerprint density at radius 3 is 0.983 bits per heavy atom. The zero-order valence-corrected chi connectivity index (χ0v) is 71.3. The number of hydrogen-bond acceptors (Lipinski definition) is 16. The van der Waals surface area contributed by atoms with Crippen molar-refractivity contribution in [3.8, 4) is 56.3 Å². The van der Waals surface area contributed by atoms with Crippen LogP contribution in [-0.4, -0.2) is 88.8 Å². The summed E-state index contributed by atoms with van der Waals surface area (Å²) in [6.45, 7) is 1.92. The van der Waals surface area contributed by atoms with Gasteiger partial charge in [-0.15, -0.1) is 11.3 Å². The number of halogens is 8. The predicted molar refractivity (Wildman–Crippen MR) is 482 cm³/mol.